The molecule has 0 bridgehead atoms. The van der Waals surface area contributed by atoms with Gasteiger partial charge in [-0.25, -0.2) is 0 Å². The van der Waals surface area contributed by atoms with E-state index >= 15 is 0 Å². The predicted octanol–water partition coefficient (Wildman–Crippen LogP) is 4.10. The van der Waals surface area contributed by atoms with E-state index in [0.29, 0.717) is 5.92 Å². The summed E-state index contributed by atoms with van der Waals surface area (Å²) in [6.07, 6.45) is 1.08. The second kappa shape index (κ2) is 6.86. The first-order chi connectivity index (χ1) is 8.97. The smallest absolute Gasteiger partial charge is 0.365 e. The molecule has 0 spiro atoms. The van der Waals surface area contributed by atoms with Crippen molar-refractivity contribution in [3.63, 3.8) is 0 Å². The zero-order valence-corrected chi connectivity index (χ0v) is 18.3. The summed E-state index contributed by atoms with van der Waals surface area (Å²) in [4.78, 5) is 0. The molecule has 0 N–H and O–H groups in total. The monoisotopic (exact) mass is 351 g/mol. The minimum absolute atomic E-state index is 0.581. The van der Waals surface area contributed by atoms with Gasteiger partial charge in [0.1, 0.15) is 0 Å². The molecule has 0 saturated carbocycles. The van der Waals surface area contributed by atoms with E-state index in [1.54, 1.807) is 0 Å². The minimum Gasteiger partial charge on any atom is -0.416 e. The Kier molecular flexibility index (Phi) is 6.43. The molecule has 20 heavy (non-hydrogen) atoms. The van der Waals surface area contributed by atoms with E-state index in [0.717, 1.165) is 18.5 Å². The fourth-order valence-electron chi connectivity index (χ4n) is 2.64. The summed E-state index contributed by atoms with van der Waals surface area (Å²) in [5.41, 5.74) is 0. The molecule has 0 aromatic carbocycles. The second-order valence-electron chi connectivity index (χ2n) is 7.06. The first kappa shape index (κ1) is 18.8. The topological polar surface area (TPSA) is 36.9 Å². The zero-order valence-electron chi connectivity index (χ0n) is 14.3. The standard InChI is InChI=1S/C12H31O4Si4/c1-9-10-20(8)15-18(4,5)13-17(11-12(2)3)14-19(6,7)16-20/h12H,9-11H2,1-8H3. The average Bonchev–Trinajstić information content (AvgIpc) is 2.08. The summed E-state index contributed by atoms with van der Waals surface area (Å²) < 4.78 is 25.6. The van der Waals surface area contributed by atoms with Gasteiger partial charge in [0.05, 0.1) is 0 Å². The van der Waals surface area contributed by atoms with Gasteiger partial charge in [0, 0.05) is 0 Å². The van der Waals surface area contributed by atoms with Crippen LogP contribution < -0.4 is 0 Å². The van der Waals surface area contributed by atoms with Crippen molar-refractivity contribution in [2.24, 2.45) is 5.92 Å². The molecule has 1 rings (SSSR count). The van der Waals surface area contributed by atoms with Gasteiger partial charge in [0.2, 0.25) is 0 Å². The van der Waals surface area contributed by atoms with Gasteiger partial charge in [-0.3, -0.25) is 0 Å². The molecule has 0 unspecified atom stereocenters. The van der Waals surface area contributed by atoms with E-state index < -0.39 is 35.0 Å². The van der Waals surface area contributed by atoms with Crippen LogP contribution in [0.5, 0.6) is 0 Å². The Balaban J connectivity index is 2.93. The first-order valence-corrected chi connectivity index (χ1v) is 17.3. The largest absolute Gasteiger partial charge is 0.416 e. The van der Waals surface area contributed by atoms with Gasteiger partial charge < -0.3 is 16.5 Å². The molecule has 0 aliphatic carbocycles. The lowest BCUT2D eigenvalue weighted by atomic mass is 10.3. The summed E-state index contributed by atoms with van der Waals surface area (Å²) in [6, 6.07) is 2.01. The average molecular weight is 352 g/mol. The van der Waals surface area contributed by atoms with Gasteiger partial charge in [-0.2, -0.15) is 0 Å². The van der Waals surface area contributed by atoms with Crippen molar-refractivity contribution in [1.29, 1.82) is 0 Å². The molecular weight excluding hydrogens is 320 g/mol. The van der Waals surface area contributed by atoms with Gasteiger partial charge in [-0.1, -0.05) is 27.2 Å². The Hall–Kier alpha value is 0.708. The molecule has 1 fully saturated rings. The summed E-state index contributed by atoms with van der Waals surface area (Å²) in [6.45, 7) is 17.3. The molecule has 1 heterocycles. The fourth-order valence-corrected chi connectivity index (χ4v) is 20.6. The van der Waals surface area contributed by atoms with Crippen molar-refractivity contribution in [2.75, 3.05) is 0 Å². The first-order valence-electron chi connectivity index (χ1n) is 7.61. The molecular formula is C12H31O4Si4. The molecule has 8 heteroatoms. The van der Waals surface area contributed by atoms with E-state index in [2.05, 4.69) is 53.5 Å². The van der Waals surface area contributed by atoms with Crippen LogP contribution in [-0.2, 0) is 16.5 Å². The highest BCUT2D eigenvalue weighted by Crippen LogP contribution is 2.31. The van der Waals surface area contributed by atoms with Crippen LogP contribution >= 0.6 is 0 Å². The molecule has 4 nitrogen and oxygen atoms in total. The molecule has 0 amide bonds. The Morgan fingerprint density at radius 3 is 1.70 bits per heavy atom. The zero-order chi connectivity index (χ0) is 15.6. The van der Waals surface area contributed by atoms with Crippen molar-refractivity contribution in [3.8, 4) is 0 Å². The molecule has 119 valence electrons. The Bertz CT molecular complexity index is 303. The summed E-state index contributed by atoms with van der Waals surface area (Å²) in [5.74, 6) is 0.581. The van der Waals surface area contributed by atoms with Crippen LogP contribution in [0.3, 0.4) is 0 Å². The van der Waals surface area contributed by atoms with Crippen LogP contribution in [0, 0.1) is 5.92 Å². The van der Waals surface area contributed by atoms with Crippen LogP contribution in [0.4, 0.5) is 0 Å². The molecule has 0 aromatic heterocycles. The van der Waals surface area contributed by atoms with Gasteiger partial charge >= 0.3 is 35.0 Å². The van der Waals surface area contributed by atoms with E-state index in [4.69, 9.17) is 16.5 Å². The lowest BCUT2D eigenvalue weighted by molar-refractivity contribution is 0.241. The van der Waals surface area contributed by atoms with Crippen LogP contribution in [0.25, 0.3) is 0 Å². The van der Waals surface area contributed by atoms with Crippen molar-refractivity contribution in [2.45, 2.75) is 72.0 Å². The van der Waals surface area contributed by atoms with Gasteiger partial charge in [0.15, 0.2) is 0 Å². The lowest BCUT2D eigenvalue weighted by Crippen LogP contribution is -2.62. The van der Waals surface area contributed by atoms with Crippen molar-refractivity contribution in [3.05, 3.63) is 0 Å². The second-order valence-corrected chi connectivity index (χ2v) is 19.8. The predicted molar refractivity (Wildman–Crippen MR) is 91.4 cm³/mol. The number of rotatable bonds is 4. The van der Waals surface area contributed by atoms with Crippen molar-refractivity contribution < 1.29 is 16.5 Å². The number of hydrogen-bond donors (Lipinski definition) is 0. The van der Waals surface area contributed by atoms with Gasteiger partial charge in [-0.15, -0.1) is 0 Å². The molecule has 1 radical (unpaired) electrons. The van der Waals surface area contributed by atoms with Crippen LogP contribution in [0.15, 0.2) is 0 Å². The SMILES string of the molecule is CCC[Si]1(C)O[Si](C)(C)O[Si](CC(C)C)O[Si](C)(C)O1. The van der Waals surface area contributed by atoms with Crippen LogP contribution in [0.1, 0.15) is 27.2 Å². The molecule has 0 aromatic rings. The lowest BCUT2D eigenvalue weighted by Gasteiger charge is -2.44. The Labute approximate surface area is 129 Å². The quantitative estimate of drug-likeness (QED) is 0.715. The molecule has 1 saturated heterocycles. The fraction of sp³-hybridized carbons (Fsp3) is 1.00. The summed E-state index contributed by atoms with van der Waals surface area (Å²) >= 11 is 0. The van der Waals surface area contributed by atoms with Crippen molar-refractivity contribution >= 4 is 35.0 Å². The van der Waals surface area contributed by atoms with E-state index in [1.807, 2.05) is 0 Å². The van der Waals surface area contributed by atoms with Crippen LogP contribution in [0.2, 0.25) is 44.8 Å². The number of hydrogen-bond acceptors (Lipinski definition) is 4. The highest BCUT2D eigenvalue weighted by molar-refractivity contribution is 6.89. The normalized spacial score (nSPS) is 26.2. The maximum atomic E-state index is 6.47. The minimum atomic E-state index is -2.17. The molecule has 1 aliphatic rings. The summed E-state index contributed by atoms with van der Waals surface area (Å²) in [5, 5.41) is 0. The Morgan fingerprint density at radius 1 is 0.900 bits per heavy atom. The van der Waals surface area contributed by atoms with E-state index in [9.17, 15) is 0 Å². The highest BCUT2D eigenvalue weighted by atomic mass is 28.5. The van der Waals surface area contributed by atoms with Gasteiger partial charge in [0.25, 0.3) is 0 Å². The third-order valence-electron chi connectivity index (χ3n) is 2.92. The van der Waals surface area contributed by atoms with E-state index in [-0.39, 0.29) is 0 Å². The van der Waals surface area contributed by atoms with E-state index in [1.165, 1.54) is 0 Å². The third kappa shape index (κ3) is 6.22. The van der Waals surface area contributed by atoms with Crippen molar-refractivity contribution in [1.82, 2.24) is 0 Å². The summed E-state index contributed by atoms with van der Waals surface area (Å²) in [7, 11) is -7.78. The highest BCUT2D eigenvalue weighted by Gasteiger charge is 2.49. The maximum Gasteiger partial charge on any atom is 0.365 e. The third-order valence-corrected chi connectivity index (χ3v) is 18.6. The maximum absolute atomic E-state index is 6.47. The van der Waals surface area contributed by atoms with Gasteiger partial charge in [-0.05, 0) is 50.7 Å². The Morgan fingerprint density at radius 2 is 1.35 bits per heavy atom. The molecule has 0 atom stereocenters. The molecule has 1 aliphatic heterocycles. The van der Waals surface area contributed by atoms with Crippen LogP contribution in [-0.4, -0.2) is 35.0 Å².